The average Bonchev–Trinajstić information content (AvgIpc) is 2.64. The van der Waals surface area contributed by atoms with Crippen LogP contribution in [0.15, 0.2) is 4.52 Å². The summed E-state index contributed by atoms with van der Waals surface area (Å²) in [4.78, 5) is 14.4. The van der Waals surface area contributed by atoms with E-state index in [1.54, 1.807) is 6.92 Å². The number of rotatable bonds is 2. The van der Waals surface area contributed by atoms with Gasteiger partial charge in [0.25, 0.3) is 5.82 Å². The zero-order valence-electron chi connectivity index (χ0n) is 9.21. The van der Waals surface area contributed by atoms with Crippen LogP contribution in [-0.2, 0) is 15.3 Å². The van der Waals surface area contributed by atoms with Crippen molar-refractivity contribution in [2.24, 2.45) is 0 Å². The summed E-state index contributed by atoms with van der Waals surface area (Å²) in [5.74, 6) is -1.58. The van der Waals surface area contributed by atoms with E-state index in [0.29, 0.717) is 12.8 Å². The number of aromatic carboxylic acids is 1. The summed E-state index contributed by atoms with van der Waals surface area (Å²) < 4.78 is 28.0. The molecule has 1 fully saturated rings. The summed E-state index contributed by atoms with van der Waals surface area (Å²) in [7, 11) is -3.12. The number of hydrogen-bond acceptors (Lipinski definition) is 6. The monoisotopic (exact) mass is 260 g/mol. The van der Waals surface area contributed by atoms with Crippen molar-refractivity contribution in [1.82, 2.24) is 10.1 Å². The fraction of sp³-hybridized carbons (Fsp3) is 0.667. The third-order valence-electron chi connectivity index (χ3n) is 2.86. The number of carboxylic acid groups (broad SMARTS) is 1. The molecule has 0 bridgehead atoms. The predicted octanol–water partition coefficient (Wildman–Crippen LogP) is 0.234. The van der Waals surface area contributed by atoms with Gasteiger partial charge in [0, 0.05) is 0 Å². The maximum Gasteiger partial charge on any atom is 0.377 e. The van der Waals surface area contributed by atoms with Crippen molar-refractivity contribution < 1.29 is 22.8 Å². The van der Waals surface area contributed by atoms with Gasteiger partial charge in [-0.25, -0.2) is 13.2 Å². The number of nitrogens with zero attached hydrogens (tertiary/aromatic N) is 2. The van der Waals surface area contributed by atoms with Crippen LogP contribution in [0, 0.1) is 0 Å². The first-order valence-corrected chi connectivity index (χ1v) is 6.92. The molecule has 7 nitrogen and oxygen atoms in total. The Morgan fingerprint density at radius 1 is 1.53 bits per heavy atom. The maximum atomic E-state index is 11.6. The van der Waals surface area contributed by atoms with E-state index in [9.17, 15) is 13.2 Å². The van der Waals surface area contributed by atoms with E-state index >= 15 is 0 Å². The van der Waals surface area contributed by atoms with Crippen LogP contribution in [0.1, 0.15) is 36.3 Å². The highest BCUT2D eigenvalue weighted by molar-refractivity contribution is 7.91. The lowest BCUT2D eigenvalue weighted by Crippen LogP contribution is -2.37. The van der Waals surface area contributed by atoms with Crippen molar-refractivity contribution in [1.29, 1.82) is 0 Å². The van der Waals surface area contributed by atoms with Crippen molar-refractivity contribution in [2.45, 2.75) is 25.2 Å². The SMILES string of the molecule is CC1(c2nc(C(=O)O)no2)CCCS(=O)(=O)C1. The highest BCUT2D eigenvalue weighted by atomic mass is 32.2. The van der Waals surface area contributed by atoms with Crippen LogP contribution >= 0.6 is 0 Å². The number of carboxylic acids is 1. The number of aromatic nitrogens is 2. The average molecular weight is 260 g/mol. The fourth-order valence-electron chi connectivity index (χ4n) is 2.04. The molecule has 0 aliphatic carbocycles. The second kappa shape index (κ2) is 3.80. The van der Waals surface area contributed by atoms with Gasteiger partial charge in [0.2, 0.25) is 5.89 Å². The summed E-state index contributed by atoms with van der Waals surface area (Å²) in [6.45, 7) is 1.70. The lowest BCUT2D eigenvalue weighted by molar-refractivity contribution is 0.0680. The minimum absolute atomic E-state index is 0.0816. The fourth-order valence-corrected chi connectivity index (χ4v) is 4.00. The van der Waals surface area contributed by atoms with Gasteiger partial charge in [0.15, 0.2) is 9.84 Å². The minimum atomic E-state index is -3.12. The first kappa shape index (κ1) is 12.0. The topological polar surface area (TPSA) is 110 Å². The molecule has 1 N–H and O–H groups in total. The second-order valence-corrected chi connectivity index (χ2v) is 6.67. The predicted molar refractivity (Wildman–Crippen MR) is 56.5 cm³/mol. The highest BCUT2D eigenvalue weighted by Crippen LogP contribution is 2.33. The molecule has 1 aromatic rings. The molecular formula is C9H12N2O5S. The molecule has 1 atom stereocenters. The summed E-state index contributed by atoms with van der Waals surface area (Å²) in [6, 6.07) is 0. The highest BCUT2D eigenvalue weighted by Gasteiger charge is 2.41. The summed E-state index contributed by atoms with van der Waals surface area (Å²) in [5.41, 5.74) is -0.780. The molecule has 8 heteroatoms. The van der Waals surface area contributed by atoms with E-state index in [-0.39, 0.29) is 17.4 Å². The van der Waals surface area contributed by atoms with Crippen LogP contribution in [-0.4, -0.2) is 41.1 Å². The molecule has 0 spiro atoms. The Labute approximate surface area is 97.7 Å². The van der Waals surface area contributed by atoms with Crippen LogP contribution in [0.4, 0.5) is 0 Å². The Morgan fingerprint density at radius 2 is 2.24 bits per heavy atom. The zero-order valence-corrected chi connectivity index (χ0v) is 10.0. The van der Waals surface area contributed by atoms with Gasteiger partial charge < -0.3 is 9.63 Å². The number of hydrogen-bond donors (Lipinski definition) is 1. The van der Waals surface area contributed by atoms with Crippen molar-refractivity contribution in [3.8, 4) is 0 Å². The number of carbonyl (C=O) groups is 1. The van der Waals surface area contributed by atoms with Gasteiger partial charge >= 0.3 is 5.97 Å². The minimum Gasteiger partial charge on any atom is -0.475 e. The molecule has 0 aromatic carbocycles. The first-order chi connectivity index (χ1) is 7.82. The van der Waals surface area contributed by atoms with Crippen molar-refractivity contribution in [3.63, 3.8) is 0 Å². The molecule has 0 radical (unpaired) electrons. The van der Waals surface area contributed by atoms with Crippen LogP contribution < -0.4 is 0 Å². The van der Waals surface area contributed by atoms with Gasteiger partial charge in [-0.1, -0.05) is 0 Å². The van der Waals surface area contributed by atoms with Crippen LogP contribution in [0.5, 0.6) is 0 Å². The first-order valence-electron chi connectivity index (χ1n) is 5.10. The van der Waals surface area contributed by atoms with Crippen molar-refractivity contribution in [3.05, 3.63) is 11.7 Å². The lowest BCUT2D eigenvalue weighted by Gasteiger charge is -2.29. The molecule has 2 heterocycles. The van der Waals surface area contributed by atoms with E-state index < -0.39 is 27.0 Å². The summed E-state index contributed by atoms with van der Waals surface area (Å²) >= 11 is 0. The molecule has 2 rings (SSSR count). The van der Waals surface area contributed by atoms with Gasteiger partial charge in [-0.05, 0) is 24.9 Å². The van der Waals surface area contributed by atoms with Crippen molar-refractivity contribution >= 4 is 15.8 Å². The zero-order chi connectivity index (χ0) is 12.7. The van der Waals surface area contributed by atoms with Gasteiger partial charge in [-0.3, -0.25) is 0 Å². The quantitative estimate of drug-likeness (QED) is 0.810. The van der Waals surface area contributed by atoms with Gasteiger partial charge in [-0.15, -0.1) is 0 Å². The van der Waals surface area contributed by atoms with E-state index in [1.807, 2.05) is 0 Å². The van der Waals surface area contributed by atoms with Gasteiger partial charge in [-0.2, -0.15) is 4.98 Å². The molecular weight excluding hydrogens is 248 g/mol. The Hall–Kier alpha value is -1.44. The van der Waals surface area contributed by atoms with E-state index in [2.05, 4.69) is 10.1 Å². The summed E-state index contributed by atoms with van der Waals surface area (Å²) in [6.07, 6.45) is 1.11. The van der Waals surface area contributed by atoms with Crippen molar-refractivity contribution in [2.75, 3.05) is 11.5 Å². The molecule has 1 aromatic heterocycles. The molecule has 0 amide bonds. The molecule has 0 saturated carbocycles. The Morgan fingerprint density at radius 3 is 2.76 bits per heavy atom. The van der Waals surface area contributed by atoms with Gasteiger partial charge in [0.1, 0.15) is 0 Å². The van der Waals surface area contributed by atoms with Crippen LogP contribution in [0.2, 0.25) is 0 Å². The van der Waals surface area contributed by atoms with E-state index in [4.69, 9.17) is 9.63 Å². The third kappa shape index (κ3) is 2.31. The molecule has 1 unspecified atom stereocenters. The maximum absolute atomic E-state index is 11.6. The Bertz CT molecular complexity index is 549. The Balaban J connectivity index is 2.34. The Kier molecular flexibility index (Phi) is 2.69. The van der Waals surface area contributed by atoms with E-state index in [0.717, 1.165) is 0 Å². The molecule has 1 saturated heterocycles. The smallest absolute Gasteiger partial charge is 0.377 e. The lowest BCUT2D eigenvalue weighted by atomic mass is 9.87. The summed E-state index contributed by atoms with van der Waals surface area (Å²) in [5, 5.41) is 12.0. The molecule has 1 aliphatic heterocycles. The molecule has 94 valence electrons. The standard InChI is InChI=1S/C9H12N2O5S/c1-9(3-2-4-17(14,15)5-9)8-10-6(7(12)13)11-16-8/h2-5H2,1H3,(H,12,13). The largest absolute Gasteiger partial charge is 0.475 e. The van der Waals surface area contributed by atoms with Gasteiger partial charge in [0.05, 0.1) is 16.9 Å². The normalized spacial score (nSPS) is 27.8. The third-order valence-corrected chi connectivity index (χ3v) is 4.84. The number of sulfone groups is 1. The van der Waals surface area contributed by atoms with Crippen LogP contribution in [0.25, 0.3) is 0 Å². The molecule has 17 heavy (non-hydrogen) atoms. The molecule has 1 aliphatic rings. The van der Waals surface area contributed by atoms with Crippen LogP contribution in [0.3, 0.4) is 0 Å². The van der Waals surface area contributed by atoms with E-state index in [1.165, 1.54) is 0 Å². The second-order valence-electron chi connectivity index (χ2n) is 4.48.